The van der Waals surface area contributed by atoms with E-state index in [0.29, 0.717) is 22.7 Å². The summed E-state index contributed by atoms with van der Waals surface area (Å²) in [6, 6.07) is 1.63. The van der Waals surface area contributed by atoms with Gasteiger partial charge >= 0.3 is 0 Å². The molecule has 20 heavy (non-hydrogen) atoms. The van der Waals surface area contributed by atoms with E-state index in [4.69, 9.17) is 11.6 Å². The van der Waals surface area contributed by atoms with Crippen molar-refractivity contribution in [2.75, 3.05) is 6.54 Å². The smallest absolute Gasteiger partial charge is 0.268 e. The minimum absolute atomic E-state index is 0.197. The van der Waals surface area contributed by atoms with Crippen LogP contribution >= 0.6 is 11.6 Å². The lowest BCUT2D eigenvalue weighted by Gasteiger charge is -2.40. The maximum Gasteiger partial charge on any atom is 0.268 e. The van der Waals surface area contributed by atoms with E-state index in [-0.39, 0.29) is 5.91 Å². The van der Waals surface area contributed by atoms with Crippen molar-refractivity contribution in [3.63, 3.8) is 0 Å². The maximum absolute atomic E-state index is 12.1. The van der Waals surface area contributed by atoms with Gasteiger partial charge in [0.15, 0.2) is 0 Å². The number of hydrogen-bond acceptors (Lipinski definition) is 2. The first-order valence-electron chi connectivity index (χ1n) is 7.03. The van der Waals surface area contributed by atoms with Crippen molar-refractivity contribution in [3.05, 3.63) is 23.0 Å². The molecule has 0 aliphatic heterocycles. The number of halogens is 1. The Morgan fingerprint density at radius 3 is 2.50 bits per heavy atom. The van der Waals surface area contributed by atoms with Crippen LogP contribution in [0.1, 0.15) is 50.0 Å². The van der Waals surface area contributed by atoms with E-state index in [1.807, 2.05) is 0 Å². The summed E-state index contributed by atoms with van der Waals surface area (Å²) >= 11 is 5.87. The molecule has 2 N–H and O–H groups in total. The van der Waals surface area contributed by atoms with Crippen LogP contribution in [0.15, 0.2) is 12.3 Å². The molecule has 1 aromatic rings. The van der Waals surface area contributed by atoms with Gasteiger partial charge in [-0.15, -0.1) is 0 Å². The van der Waals surface area contributed by atoms with Crippen molar-refractivity contribution in [1.29, 1.82) is 0 Å². The van der Waals surface area contributed by atoms with Gasteiger partial charge < -0.3 is 15.0 Å². The van der Waals surface area contributed by atoms with Crippen LogP contribution in [0.5, 0.6) is 0 Å². The highest BCUT2D eigenvalue weighted by Gasteiger charge is 2.36. The molecule has 0 radical (unpaired) electrons. The van der Waals surface area contributed by atoms with Crippen LogP contribution in [0.3, 0.4) is 0 Å². The van der Waals surface area contributed by atoms with Crippen molar-refractivity contribution < 1.29 is 9.90 Å². The first kappa shape index (κ1) is 15.4. The number of nitrogens with zero attached hydrogens (tertiary/aromatic N) is 1. The van der Waals surface area contributed by atoms with E-state index in [1.165, 1.54) is 0 Å². The number of carbonyl (C=O) groups excluding carboxylic acids is 1. The fourth-order valence-electron chi connectivity index (χ4n) is 2.65. The fraction of sp³-hybridized carbons (Fsp3) is 0.667. The molecule has 0 atom stereocenters. The van der Waals surface area contributed by atoms with Gasteiger partial charge in [0, 0.05) is 19.8 Å². The van der Waals surface area contributed by atoms with Gasteiger partial charge in [-0.1, -0.05) is 25.4 Å². The van der Waals surface area contributed by atoms with Gasteiger partial charge in [0.25, 0.3) is 5.91 Å². The molecule has 4 nitrogen and oxygen atoms in total. The summed E-state index contributed by atoms with van der Waals surface area (Å²) in [5, 5.41) is 13.9. The maximum atomic E-state index is 12.1. The number of hydrogen-bond donors (Lipinski definition) is 2. The van der Waals surface area contributed by atoms with Crippen LogP contribution < -0.4 is 5.32 Å². The molecule has 0 saturated heterocycles. The molecular formula is C15H23ClN2O2. The van der Waals surface area contributed by atoms with Gasteiger partial charge in [-0.3, -0.25) is 4.79 Å². The average Bonchev–Trinajstić information content (AvgIpc) is 2.70. The Kier molecular flexibility index (Phi) is 4.17. The third-order valence-electron chi connectivity index (χ3n) is 4.32. The Hall–Kier alpha value is -1.00. The third kappa shape index (κ3) is 3.55. The SMILES string of the molecule is Cn1cc(Cl)cc1C(=O)NCC1(O)CCC(C)(C)CC1. The predicted octanol–water partition coefficient (Wildman–Crippen LogP) is 2.74. The van der Waals surface area contributed by atoms with E-state index in [1.54, 1.807) is 23.9 Å². The van der Waals surface area contributed by atoms with Gasteiger partial charge in [0.2, 0.25) is 0 Å². The van der Waals surface area contributed by atoms with Crippen molar-refractivity contribution in [2.24, 2.45) is 12.5 Å². The molecule has 1 aliphatic rings. The van der Waals surface area contributed by atoms with E-state index in [0.717, 1.165) is 25.7 Å². The van der Waals surface area contributed by atoms with Gasteiger partial charge in [0.1, 0.15) is 5.69 Å². The summed E-state index contributed by atoms with van der Waals surface area (Å²) in [7, 11) is 1.78. The Morgan fingerprint density at radius 2 is 2.00 bits per heavy atom. The monoisotopic (exact) mass is 298 g/mol. The van der Waals surface area contributed by atoms with Crippen molar-refractivity contribution >= 4 is 17.5 Å². The zero-order valence-electron chi connectivity index (χ0n) is 12.4. The molecule has 1 aromatic heterocycles. The van der Waals surface area contributed by atoms with Crippen LogP contribution in [0.4, 0.5) is 0 Å². The van der Waals surface area contributed by atoms with Crippen LogP contribution in [-0.2, 0) is 7.05 Å². The fourth-order valence-corrected chi connectivity index (χ4v) is 2.90. The molecule has 0 bridgehead atoms. The molecule has 1 heterocycles. The Labute approximate surface area is 125 Å². The Morgan fingerprint density at radius 1 is 1.40 bits per heavy atom. The molecule has 0 unspecified atom stereocenters. The molecule has 2 rings (SSSR count). The Balaban J connectivity index is 1.92. The second-order valence-electron chi connectivity index (χ2n) is 6.73. The quantitative estimate of drug-likeness (QED) is 0.901. The number of aliphatic hydroxyl groups is 1. The molecule has 1 aliphatic carbocycles. The number of aromatic nitrogens is 1. The zero-order chi connectivity index (χ0) is 15.0. The largest absolute Gasteiger partial charge is 0.388 e. The summed E-state index contributed by atoms with van der Waals surface area (Å²) in [6.07, 6.45) is 5.11. The number of rotatable bonds is 3. The normalized spacial score (nSPS) is 20.6. The summed E-state index contributed by atoms with van der Waals surface area (Å²) < 4.78 is 1.69. The third-order valence-corrected chi connectivity index (χ3v) is 4.52. The first-order valence-corrected chi connectivity index (χ1v) is 7.41. The van der Waals surface area contributed by atoms with Crippen LogP contribution in [0, 0.1) is 5.41 Å². The molecule has 5 heteroatoms. The lowest BCUT2D eigenvalue weighted by Crippen LogP contribution is -2.46. The number of nitrogens with one attached hydrogen (secondary N) is 1. The van der Waals surface area contributed by atoms with E-state index < -0.39 is 5.60 Å². The van der Waals surface area contributed by atoms with E-state index in [9.17, 15) is 9.90 Å². The molecular weight excluding hydrogens is 276 g/mol. The predicted molar refractivity (Wildman–Crippen MR) is 80.0 cm³/mol. The standard InChI is InChI=1S/C15H23ClN2O2/c1-14(2)4-6-15(20,7-5-14)10-17-13(19)12-8-11(16)9-18(12)3/h8-9,20H,4-7,10H2,1-3H3,(H,17,19). The average molecular weight is 299 g/mol. The second-order valence-corrected chi connectivity index (χ2v) is 7.16. The van der Waals surface area contributed by atoms with Crippen LogP contribution in [-0.4, -0.2) is 27.7 Å². The van der Waals surface area contributed by atoms with Gasteiger partial charge in [-0.05, 0) is 37.2 Å². The number of amides is 1. The highest BCUT2D eigenvalue weighted by Crippen LogP contribution is 2.39. The lowest BCUT2D eigenvalue weighted by atomic mass is 9.71. The Bertz CT molecular complexity index is 498. The van der Waals surface area contributed by atoms with Crippen molar-refractivity contribution in [1.82, 2.24) is 9.88 Å². The summed E-state index contributed by atoms with van der Waals surface area (Å²) in [4.78, 5) is 12.1. The van der Waals surface area contributed by atoms with Crippen molar-refractivity contribution in [3.8, 4) is 0 Å². The van der Waals surface area contributed by atoms with Gasteiger partial charge in [0.05, 0.1) is 10.6 Å². The van der Waals surface area contributed by atoms with Crippen LogP contribution in [0.25, 0.3) is 0 Å². The number of aryl methyl sites for hydroxylation is 1. The lowest BCUT2D eigenvalue weighted by molar-refractivity contribution is -0.0233. The van der Waals surface area contributed by atoms with Gasteiger partial charge in [-0.2, -0.15) is 0 Å². The molecule has 0 aromatic carbocycles. The van der Waals surface area contributed by atoms with E-state index in [2.05, 4.69) is 19.2 Å². The highest BCUT2D eigenvalue weighted by atomic mass is 35.5. The van der Waals surface area contributed by atoms with Crippen molar-refractivity contribution in [2.45, 2.75) is 45.1 Å². The minimum Gasteiger partial charge on any atom is -0.388 e. The summed E-state index contributed by atoms with van der Waals surface area (Å²) in [5.74, 6) is -0.197. The summed E-state index contributed by atoms with van der Waals surface area (Å²) in [5.41, 5.74) is 0.0249. The summed E-state index contributed by atoms with van der Waals surface area (Å²) in [6.45, 7) is 4.74. The molecule has 1 saturated carbocycles. The molecule has 1 fully saturated rings. The minimum atomic E-state index is -0.778. The van der Waals surface area contributed by atoms with Gasteiger partial charge in [-0.25, -0.2) is 0 Å². The number of carbonyl (C=O) groups is 1. The highest BCUT2D eigenvalue weighted by molar-refractivity contribution is 6.31. The topological polar surface area (TPSA) is 54.3 Å². The van der Waals surface area contributed by atoms with E-state index >= 15 is 0 Å². The second kappa shape index (κ2) is 5.41. The van der Waals surface area contributed by atoms with Crippen LogP contribution in [0.2, 0.25) is 5.02 Å². The first-order chi connectivity index (χ1) is 9.21. The molecule has 112 valence electrons. The zero-order valence-corrected chi connectivity index (χ0v) is 13.1. The molecule has 1 amide bonds. The molecule has 0 spiro atoms.